The second kappa shape index (κ2) is 6.79. The van der Waals surface area contributed by atoms with Crippen LogP contribution in [0.5, 0.6) is 5.75 Å². The van der Waals surface area contributed by atoms with E-state index in [1.807, 2.05) is 60.7 Å². The molecular weight excluding hydrogens is 286 g/mol. The Morgan fingerprint density at radius 2 is 1.52 bits per heavy atom. The molecule has 0 aliphatic carbocycles. The highest BCUT2D eigenvalue weighted by atomic mass is 16.3. The first kappa shape index (κ1) is 14.9. The monoisotopic (exact) mass is 303 g/mol. The summed E-state index contributed by atoms with van der Waals surface area (Å²) in [6, 6.07) is 24.3. The van der Waals surface area contributed by atoms with E-state index >= 15 is 0 Å². The van der Waals surface area contributed by atoms with Gasteiger partial charge in [0.05, 0.1) is 5.56 Å². The number of rotatable bonds is 4. The van der Waals surface area contributed by atoms with Crippen molar-refractivity contribution in [1.29, 1.82) is 0 Å². The van der Waals surface area contributed by atoms with Crippen LogP contribution in [0.2, 0.25) is 0 Å². The van der Waals surface area contributed by atoms with E-state index in [-0.39, 0.29) is 11.7 Å². The van der Waals surface area contributed by atoms with Crippen molar-refractivity contribution in [3.63, 3.8) is 0 Å². The predicted octanol–water partition coefficient (Wildman–Crippen LogP) is 3.99. The number of hydrogen-bond acceptors (Lipinski definition) is 2. The molecule has 0 aliphatic rings. The molecule has 0 radical (unpaired) electrons. The molecule has 0 aliphatic heterocycles. The Labute approximate surface area is 135 Å². The third-order valence-corrected chi connectivity index (χ3v) is 3.63. The largest absolute Gasteiger partial charge is 0.508 e. The Balaban J connectivity index is 1.86. The van der Waals surface area contributed by atoms with Crippen LogP contribution in [0.3, 0.4) is 0 Å². The van der Waals surface area contributed by atoms with Crippen LogP contribution in [0.1, 0.15) is 15.9 Å². The molecular formula is C20H17NO2. The molecule has 0 saturated heterocycles. The van der Waals surface area contributed by atoms with Crippen molar-refractivity contribution in [3.8, 4) is 16.9 Å². The summed E-state index contributed by atoms with van der Waals surface area (Å²) in [4.78, 5) is 12.5. The predicted molar refractivity (Wildman–Crippen MR) is 91.2 cm³/mol. The molecule has 3 aromatic rings. The molecule has 0 atom stereocenters. The maximum Gasteiger partial charge on any atom is 0.252 e. The van der Waals surface area contributed by atoms with Gasteiger partial charge in [-0.1, -0.05) is 60.7 Å². The van der Waals surface area contributed by atoms with Crippen LogP contribution in [0, 0.1) is 0 Å². The Morgan fingerprint density at radius 1 is 0.870 bits per heavy atom. The molecule has 1 amide bonds. The second-order valence-electron chi connectivity index (χ2n) is 5.26. The van der Waals surface area contributed by atoms with E-state index in [9.17, 15) is 9.90 Å². The highest BCUT2D eigenvalue weighted by Gasteiger charge is 2.13. The quantitative estimate of drug-likeness (QED) is 0.765. The second-order valence-corrected chi connectivity index (χ2v) is 5.26. The van der Waals surface area contributed by atoms with Gasteiger partial charge in [-0.05, 0) is 34.9 Å². The van der Waals surface area contributed by atoms with E-state index in [1.54, 1.807) is 12.1 Å². The zero-order valence-electron chi connectivity index (χ0n) is 12.6. The molecule has 0 unspecified atom stereocenters. The van der Waals surface area contributed by atoms with Crippen LogP contribution in [0.4, 0.5) is 0 Å². The Kier molecular flexibility index (Phi) is 4.39. The molecule has 2 N–H and O–H groups in total. The third-order valence-electron chi connectivity index (χ3n) is 3.63. The summed E-state index contributed by atoms with van der Waals surface area (Å²) >= 11 is 0. The van der Waals surface area contributed by atoms with E-state index < -0.39 is 0 Å². The molecule has 0 spiro atoms. The van der Waals surface area contributed by atoms with Crippen molar-refractivity contribution >= 4 is 5.91 Å². The van der Waals surface area contributed by atoms with Crippen LogP contribution in [-0.2, 0) is 6.54 Å². The molecule has 0 heterocycles. The fourth-order valence-corrected chi connectivity index (χ4v) is 2.46. The number of benzene rings is 3. The van der Waals surface area contributed by atoms with Gasteiger partial charge in [0, 0.05) is 6.54 Å². The van der Waals surface area contributed by atoms with Crippen LogP contribution < -0.4 is 5.32 Å². The van der Waals surface area contributed by atoms with Crippen molar-refractivity contribution in [2.45, 2.75) is 6.54 Å². The molecule has 0 saturated carbocycles. The van der Waals surface area contributed by atoms with Gasteiger partial charge in [-0.2, -0.15) is 0 Å². The maximum atomic E-state index is 12.5. The Hall–Kier alpha value is -3.07. The highest BCUT2D eigenvalue weighted by Crippen LogP contribution is 2.26. The first-order valence-electron chi connectivity index (χ1n) is 7.44. The van der Waals surface area contributed by atoms with Crippen molar-refractivity contribution in [3.05, 3.63) is 90.0 Å². The first-order chi connectivity index (χ1) is 11.2. The Bertz CT molecular complexity index is 798. The van der Waals surface area contributed by atoms with Crippen LogP contribution >= 0.6 is 0 Å². The van der Waals surface area contributed by atoms with E-state index in [1.165, 1.54) is 6.07 Å². The fourth-order valence-electron chi connectivity index (χ4n) is 2.46. The SMILES string of the molecule is O=C(NCc1ccccc1)c1cc(O)ccc1-c1ccccc1. The van der Waals surface area contributed by atoms with Gasteiger partial charge >= 0.3 is 0 Å². The maximum absolute atomic E-state index is 12.5. The molecule has 3 aromatic carbocycles. The lowest BCUT2D eigenvalue weighted by atomic mass is 9.99. The molecule has 3 rings (SSSR count). The summed E-state index contributed by atoms with van der Waals surface area (Å²) < 4.78 is 0. The van der Waals surface area contributed by atoms with E-state index in [4.69, 9.17) is 0 Å². The minimum Gasteiger partial charge on any atom is -0.508 e. The lowest BCUT2D eigenvalue weighted by Gasteiger charge is -2.11. The lowest BCUT2D eigenvalue weighted by Crippen LogP contribution is -2.23. The minimum atomic E-state index is -0.205. The zero-order chi connectivity index (χ0) is 16.1. The number of aromatic hydroxyl groups is 1. The summed E-state index contributed by atoms with van der Waals surface area (Å²) in [7, 11) is 0. The van der Waals surface area contributed by atoms with Gasteiger partial charge in [0.2, 0.25) is 0 Å². The van der Waals surface area contributed by atoms with Gasteiger partial charge in [0.15, 0.2) is 0 Å². The molecule has 0 aromatic heterocycles. The zero-order valence-corrected chi connectivity index (χ0v) is 12.6. The fraction of sp³-hybridized carbons (Fsp3) is 0.0500. The van der Waals surface area contributed by atoms with Gasteiger partial charge in [0.1, 0.15) is 5.75 Å². The number of carbonyl (C=O) groups is 1. The van der Waals surface area contributed by atoms with Crippen LogP contribution in [0.15, 0.2) is 78.9 Å². The minimum absolute atomic E-state index is 0.0783. The average molecular weight is 303 g/mol. The number of phenols is 1. The number of hydrogen-bond donors (Lipinski definition) is 2. The van der Waals surface area contributed by atoms with Crippen molar-refractivity contribution in [2.75, 3.05) is 0 Å². The number of phenolic OH excluding ortho intramolecular Hbond substituents is 1. The van der Waals surface area contributed by atoms with Gasteiger partial charge in [-0.3, -0.25) is 4.79 Å². The summed E-state index contributed by atoms with van der Waals surface area (Å²) in [5.41, 5.74) is 3.24. The number of amides is 1. The van der Waals surface area contributed by atoms with Gasteiger partial charge in [-0.25, -0.2) is 0 Å². The number of nitrogens with one attached hydrogen (secondary N) is 1. The van der Waals surface area contributed by atoms with Crippen molar-refractivity contribution < 1.29 is 9.90 Å². The van der Waals surface area contributed by atoms with Gasteiger partial charge in [-0.15, -0.1) is 0 Å². The van der Waals surface area contributed by atoms with E-state index in [0.29, 0.717) is 12.1 Å². The summed E-state index contributed by atoms with van der Waals surface area (Å²) in [5.74, 6) is -0.127. The molecule has 3 heteroatoms. The normalized spacial score (nSPS) is 10.3. The standard InChI is InChI=1S/C20H17NO2/c22-17-11-12-18(16-9-5-2-6-10-16)19(13-17)20(23)21-14-15-7-3-1-4-8-15/h1-13,22H,14H2,(H,21,23). The molecule has 0 bridgehead atoms. The summed E-state index contributed by atoms with van der Waals surface area (Å²) in [5, 5.41) is 12.6. The molecule has 114 valence electrons. The molecule has 0 fully saturated rings. The average Bonchev–Trinajstić information content (AvgIpc) is 2.61. The van der Waals surface area contributed by atoms with Crippen molar-refractivity contribution in [1.82, 2.24) is 5.32 Å². The van der Waals surface area contributed by atoms with Gasteiger partial charge < -0.3 is 10.4 Å². The number of carbonyl (C=O) groups excluding carboxylic acids is 1. The smallest absolute Gasteiger partial charge is 0.252 e. The Morgan fingerprint density at radius 3 is 2.22 bits per heavy atom. The topological polar surface area (TPSA) is 49.3 Å². The van der Waals surface area contributed by atoms with Gasteiger partial charge in [0.25, 0.3) is 5.91 Å². The summed E-state index contributed by atoms with van der Waals surface area (Å²) in [6.07, 6.45) is 0. The first-order valence-corrected chi connectivity index (χ1v) is 7.44. The van der Waals surface area contributed by atoms with E-state index in [0.717, 1.165) is 16.7 Å². The lowest BCUT2D eigenvalue weighted by molar-refractivity contribution is 0.0951. The van der Waals surface area contributed by atoms with Crippen LogP contribution in [0.25, 0.3) is 11.1 Å². The third kappa shape index (κ3) is 3.58. The van der Waals surface area contributed by atoms with Crippen molar-refractivity contribution in [2.24, 2.45) is 0 Å². The molecule has 3 nitrogen and oxygen atoms in total. The molecule has 23 heavy (non-hydrogen) atoms. The summed E-state index contributed by atoms with van der Waals surface area (Å²) in [6.45, 7) is 0.448. The highest BCUT2D eigenvalue weighted by molar-refractivity contribution is 6.01. The van der Waals surface area contributed by atoms with Crippen LogP contribution in [-0.4, -0.2) is 11.0 Å². The van der Waals surface area contributed by atoms with E-state index in [2.05, 4.69) is 5.32 Å².